The maximum atomic E-state index is 13.4. The summed E-state index contributed by atoms with van der Waals surface area (Å²) in [5.41, 5.74) is 0.229. The molecule has 112 valence electrons. The summed E-state index contributed by atoms with van der Waals surface area (Å²) in [5, 5.41) is 9.28. The SMILES string of the molecule is CC(C)N(CC1CC1)S(=O)(=O)c1cc(F)ccc1CO. The average Bonchev–Trinajstić information content (AvgIpc) is 3.19. The van der Waals surface area contributed by atoms with Gasteiger partial charge in [0.15, 0.2) is 0 Å². The van der Waals surface area contributed by atoms with Gasteiger partial charge in [0, 0.05) is 12.6 Å². The van der Waals surface area contributed by atoms with E-state index in [1.54, 1.807) is 13.8 Å². The van der Waals surface area contributed by atoms with Crippen LogP contribution in [0.1, 0.15) is 32.3 Å². The minimum atomic E-state index is -3.79. The molecule has 0 bridgehead atoms. The van der Waals surface area contributed by atoms with Crippen LogP contribution in [-0.2, 0) is 16.6 Å². The van der Waals surface area contributed by atoms with E-state index in [1.165, 1.54) is 10.4 Å². The zero-order valence-electron chi connectivity index (χ0n) is 11.7. The molecule has 0 atom stereocenters. The lowest BCUT2D eigenvalue weighted by Gasteiger charge is -2.26. The lowest BCUT2D eigenvalue weighted by Crippen LogP contribution is -2.39. The Morgan fingerprint density at radius 3 is 2.55 bits per heavy atom. The molecule has 0 aliphatic heterocycles. The van der Waals surface area contributed by atoms with Crippen LogP contribution in [0.2, 0.25) is 0 Å². The molecule has 0 heterocycles. The Balaban J connectivity index is 2.43. The number of rotatable bonds is 6. The molecule has 1 fully saturated rings. The molecule has 1 aliphatic rings. The summed E-state index contributed by atoms with van der Waals surface area (Å²) >= 11 is 0. The fourth-order valence-corrected chi connectivity index (χ4v) is 4.11. The van der Waals surface area contributed by atoms with E-state index in [9.17, 15) is 17.9 Å². The monoisotopic (exact) mass is 301 g/mol. The zero-order valence-corrected chi connectivity index (χ0v) is 12.5. The van der Waals surface area contributed by atoms with E-state index in [0.717, 1.165) is 25.0 Å². The lowest BCUT2D eigenvalue weighted by molar-refractivity contribution is 0.277. The van der Waals surface area contributed by atoms with Gasteiger partial charge in [0.25, 0.3) is 0 Å². The van der Waals surface area contributed by atoms with Crippen molar-refractivity contribution in [2.24, 2.45) is 5.92 Å². The molecule has 6 heteroatoms. The lowest BCUT2D eigenvalue weighted by atomic mass is 10.2. The Morgan fingerprint density at radius 1 is 1.40 bits per heavy atom. The van der Waals surface area contributed by atoms with Gasteiger partial charge in [-0.2, -0.15) is 4.31 Å². The van der Waals surface area contributed by atoms with Crippen molar-refractivity contribution in [2.75, 3.05) is 6.54 Å². The number of nitrogens with zero attached hydrogens (tertiary/aromatic N) is 1. The summed E-state index contributed by atoms with van der Waals surface area (Å²) in [6.45, 7) is 3.64. The highest BCUT2D eigenvalue weighted by Crippen LogP contribution is 2.33. The predicted octanol–water partition coefficient (Wildman–Crippen LogP) is 2.13. The van der Waals surface area contributed by atoms with Gasteiger partial charge in [-0.15, -0.1) is 0 Å². The van der Waals surface area contributed by atoms with E-state index in [-0.39, 0.29) is 16.5 Å². The van der Waals surface area contributed by atoms with Gasteiger partial charge in [-0.3, -0.25) is 0 Å². The summed E-state index contributed by atoms with van der Waals surface area (Å²) in [7, 11) is -3.79. The van der Waals surface area contributed by atoms with E-state index in [0.29, 0.717) is 12.5 Å². The maximum Gasteiger partial charge on any atom is 0.243 e. The zero-order chi connectivity index (χ0) is 14.9. The Bertz CT molecular complexity index is 582. The second-order valence-corrected chi connectivity index (χ2v) is 7.38. The van der Waals surface area contributed by atoms with Crippen molar-refractivity contribution in [1.29, 1.82) is 0 Å². The molecule has 0 aromatic heterocycles. The van der Waals surface area contributed by atoms with Gasteiger partial charge < -0.3 is 5.11 Å². The molecule has 1 saturated carbocycles. The number of hydrogen-bond acceptors (Lipinski definition) is 3. The van der Waals surface area contributed by atoms with E-state index >= 15 is 0 Å². The first-order valence-electron chi connectivity index (χ1n) is 6.77. The molecule has 0 saturated heterocycles. The molecule has 1 aromatic rings. The van der Waals surface area contributed by atoms with E-state index < -0.39 is 22.4 Å². The summed E-state index contributed by atoms with van der Waals surface area (Å²) in [6, 6.07) is 3.27. The fourth-order valence-electron chi connectivity index (χ4n) is 2.17. The first-order valence-corrected chi connectivity index (χ1v) is 8.21. The molecule has 0 amide bonds. The van der Waals surface area contributed by atoms with Crippen LogP contribution in [0.25, 0.3) is 0 Å². The normalized spacial score (nSPS) is 16.1. The fraction of sp³-hybridized carbons (Fsp3) is 0.571. The molecule has 0 radical (unpaired) electrons. The third-order valence-electron chi connectivity index (χ3n) is 3.50. The molecule has 4 nitrogen and oxygen atoms in total. The molecular weight excluding hydrogens is 281 g/mol. The minimum absolute atomic E-state index is 0.130. The Morgan fingerprint density at radius 2 is 2.05 bits per heavy atom. The second kappa shape index (κ2) is 5.79. The molecular formula is C14H20FNO3S. The van der Waals surface area contributed by atoms with E-state index in [1.807, 2.05) is 0 Å². The number of benzene rings is 1. The van der Waals surface area contributed by atoms with Crippen molar-refractivity contribution in [3.05, 3.63) is 29.6 Å². The van der Waals surface area contributed by atoms with Crippen molar-refractivity contribution >= 4 is 10.0 Å². The molecule has 1 aromatic carbocycles. The second-order valence-electron chi connectivity index (χ2n) is 5.52. The summed E-state index contributed by atoms with van der Waals surface area (Å²) < 4.78 is 40.2. The third-order valence-corrected chi connectivity index (χ3v) is 5.62. The van der Waals surface area contributed by atoms with Crippen LogP contribution >= 0.6 is 0 Å². The number of sulfonamides is 1. The minimum Gasteiger partial charge on any atom is -0.392 e. The summed E-state index contributed by atoms with van der Waals surface area (Å²) in [6.07, 6.45) is 2.07. The molecule has 1 aliphatic carbocycles. The first-order chi connectivity index (χ1) is 9.36. The molecule has 1 N–H and O–H groups in total. The Kier molecular flexibility index (Phi) is 4.46. The van der Waals surface area contributed by atoms with Gasteiger partial charge in [-0.25, -0.2) is 12.8 Å². The summed E-state index contributed by atoms with van der Waals surface area (Å²) in [5.74, 6) is -0.214. The Hall–Kier alpha value is -0.980. The summed E-state index contributed by atoms with van der Waals surface area (Å²) in [4.78, 5) is -0.130. The Labute approximate surface area is 119 Å². The highest BCUT2D eigenvalue weighted by Gasteiger charge is 2.34. The van der Waals surface area contributed by atoms with Crippen LogP contribution in [0.15, 0.2) is 23.1 Å². The topological polar surface area (TPSA) is 57.6 Å². The van der Waals surface area contributed by atoms with Crippen LogP contribution in [0.3, 0.4) is 0 Å². The highest BCUT2D eigenvalue weighted by molar-refractivity contribution is 7.89. The number of halogens is 1. The maximum absolute atomic E-state index is 13.4. The number of aliphatic hydroxyl groups excluding tert-OH is 1. The van der Waals surface area contributed by atoms with Crippen molar-refractivity contribution in [3.63, 3.8) is 0 Å². The standard InChI is InChI=1S/C14H20FNO3S/c1-10(2)16(8-11-3-4-11)20(18,19)14-7-13(15)6-5-12(14)9-17/h5-7,10-11,17H,3-4,8-9H2,1-2H3. The first kappa shape index (κ1) is 15.4. The van der Waals surface area contributed by atoms with Crippen LogP contribution in [0, 0.1) is 11.7 Å². The van der Waals surface area contributed by atoms with Gasteiger partial charge in [-0.1, -0.05) is 6.07 Å². The van der Waals surface area contributed by atoms with Crippen molar-refractivity contribution in [2.45, 2.75) is 44.2 Å². The average molecular weight is 301 g/mol. The third kappa shape index (κ3) is 3.19. The van der Waals surface area contributed by atoms with Gasteiger partial charge in [0.1, 0.15) is 5.82 Å². The van der Waals surface area contributed by atoms with Crippen LogP contribution in [0.5, 0.6) is 0 Å². The molecule has 0 spiro atoms. The molecule has 2 rings (SSSR count). The predicted molar refractivity (Wildman–Crippen MR) is 74.1 cm³/mol. The van der Waals surface area contributed by atoms with E-state index in [4.69, 9.17) is 0 Å². The van der Waals surface area contributed by atoms with Crippen LogP contribution in [-0.4, -0.2) is 30.4 Å². The van der Waals surface area contributed by atoms with Gasteiger partial charge >= 0.3 is 0 Å². The quantitative estimate of drug-likeness (QED) is 0.875. The largest absolute Gasteiger partial charge is 0.392 e. The van der Waals surface area contributed by atoms with Gasteiger partial charge in [0.05, 0.1) is 11.5 Å². The van der Waals surface area contributed by atoms with Crippen molar-refractivity contribution < 1.29 is 17.9 Å². The highest BCUT2D eigenvalue weighted by atomic mass is 32.2. The van der Waals surface area contributed by atoms with Crippen LogP contribution < -0.4 is 0 Å². The molecule has 0 unspecified atom stereocenters. The number of aliphatic hydroxyl groups is 1. The van der Waals surface area contributed by atoms with Crippen molar-refractivity contribution in [3.8, 4) is 0 Å². The van der Waals surface area contributed by atoms with E-state index in [2.05, 4.69) is 0 Å². The van der Waals surface area contributed by atoms with Crippen molar-refractivity contribution in [1.82, 2.24) is 4.31 Å². The van der Waals surface area contributed by atoms with Gasteiger partial charge in [-0.05, 0) is 50.3 Å². The number of hydrogen-bond donors (Lipinski definition) is 1. The smallest absolute Gasteiger partial charge is 0.243 e. The molecule has 20 heavy (non-hydrogen) atoms. The van der Waals surface area contributed by atoms with Crippen LogP contribution in [0.4, 0.5) is 4.39 Å². The van der Waals surface area contributed by atoms with Gasteiger partial charge in [0.2, 0.25) is 10.0 Å².